The molecule has 2 aliphatic rings. The normalized spacial score (nSPS) is 18.0. The van der Waals surface area contributed by atoms with Crippen LogP contribution in [0.25, 0.3) is 27.8 Å². The van der Waals surface area contributed by atoms with E-state index in [0.29, 0.717) is 12.1 Å². The van der Waals surface area contributed by atoms with E-state index >= 15 is 0 Å². The molecule has 38 heavy (non-hydrogen) atoms. The highest BCUT2D eigenvalue weighted by molar-refractivity contribution is 9.10. The summed E-state index contributed by atoms with van der Waals surface area (Å²) in [5.74, 6) is 0. The molecule has 0 bridgehead atoms. The number of halogens is 1. The SMILES string of the molecule is CN(C)C1CCN(c2ccc(-c3ccc4nc5cccc(N6CCC(N(C)C)CC6)c5n4c3)cc2Br)CC1. The Labute approximate surface area is 235 Å². The number of nitrogens with zero attached hydrogens (tertiary/aromatic N) is 6. The fourth-order valence-electron chi connectivity index (χ4n) is 6.36. The van der Waals surface area contributed by atoms with Gasteiger partial charge in [-0.1, -0.05) is 12.1 Å². The van der Waals surface area contributed by atoms with E-state index in [1.54, 1.807) is 0 Å². The Morgan fingerprint density at radius 1 is 0.737 bits per heavy atom. The second-order valence-corrected chi connectivity index (χ2v) is 12.3. The lowest BCUT2D eigenvalue weighted by atomic mass is 10.0. The van der Waals surface area contributed by atoms with Crippen LogP contribution in [0.5, 0.6) is 0 Å². The third-order valence-corrected chi connectivity index (χ3v) is 9.38. The third-order valence-electron chi connectivity index (χ3n) is 8.75. The Bertz CT molecular complexity index is 1430. The van der Waals surface area contributed by atoms with Gasteiger partial charge >= 0.3 is 0 Å². The number of anilines is 2. The largest absolute Gasteiger partial charge is 0.371 e. The van der Waals surface area contributed by atoms with Gasteiger partial charge in [0, 0.05) is 48.9 Å². The zero-order chi connectivity index (χ0) is 26.4. The van der Waals surface area contributed by atoms with E-state index in [0.717, 1.165) is 37.3 Å². The summed E-state index contributed by atoms with van der Waals surface area (Å²) in [6, 6.07) is 19.1. The summed E-state index contributed by atoms with van der Waals surface area (Å²) in [6.45, 7) is 4.36. The van der Waals surface area contributed by atoms with Crippen LogP contribution in [0, 0.1) is 0 Å². The standard InChI is InChI=1S/C31H39BrN6/c1-34(2)24-12-16-36(17-13-24)28-10-8-22(20-26(28)32)23-9-11-30-33-27-6-5-7-29(31(27)38(30)21-23)37-18-14-25(15-19-37)35(3)4/h5-11,20-21,24-25H,12-19H2,1-4H3. The van der Waals surface area contributed by atoms with Crippen molar-refractivity contribution in [2.75, 3.05) is 64.2 Å². The van der Waals surface area contributed by atoms with Crippen molar-refractivity contribution in [3.63, 3.8) is 0 Å². The molecular formula is C31H39BrN6. The minimum absolute atomic E-state index is 0.667. The van der Waals surface area contributed by atoms with Crippen molar-refractivity contribution in [3.8, 4) is 11.1 Å². The highest BCUT2D eigenvalue weighted by Gasteiger charge is 2.24. The topological polar surface area (TPSA) is 30.3 Å². The van der Waals surface area contributed by atoms with E-state index in [-0.39, 0.29) is 0 Å². The zero-order valence-corrected chi connectivity index (χ0v) is 24.7. The predicted molar refractivity (Wildman–Crippen MR) is 164 cm³/mol. The molecule has 0 unspecified atom stereocenters. The predicted octanol–water partition coefficient (Wildman–Crippen LogP) is 5.98. The molecule has 4 aromatic rings. The number of hydrogen-bond donors (Lipinski definition) is 0. The van der Waals surface area contributed by atoms with Gasteiger partial charge in [-0.2, -0.15) is 0 Å². The molecule has 2 fully saturated rings. The van der Waals surface area contributed by atoms with Crippen molar-refractivity contribution in [1.82, 2.24) is 19.2 Å². The summed E-state index contributed by atoms with van der Waals surface area (Å²) >= 11 is 3.90. The van der Waals surface area contributed by atoms with Crippen molar-refractivity contribution in [3.05, 3.63) is 59.2 Å². The van der Waals surface area contributed by atoms with Crippen LogP contribution in [0.2, 0.25) is 0 Å². The van der Waals surface area contributed by atoms with Crippen LogP contribution in [-0.2, 0) is 0 Å². The number of pyridine rings is 1. The maximum absolute atomic E-state index is 4.97. The van der Waals surface area contributed by atoms with Gasteiger partial charge in [0.15, 0.2) is 0 Å². The minimum Gasteiger partial charge on any atom is -0.371 e. The van der Waals surface area contributed by atoms with Gasteiger partial charge in [0.1, 0.15) is 5.65 Å². The number of piperidine rings is 2. The van der Waals surface area contributed by atoms with Gasteiger partial charge in [0.25, 0.3) is 0 Å². The van der Waals surface area contributed by atoms with Crippen molar-refractivity contribution < 1.29 is 0 Å². The second-order valence-electron chi connectivity index (χ2n) is 11.4. The van der Waals surface area contributed by atoms with Crippen LogP contribution in [0.4, 0.5) is 11.4 Å². The number of imidazole rings is 1. The first-order chi connectivity index (χ1) is 18.4. The molecule has 0 spiro atoms. The molecular weight excluding hydrogens is 536 g/mol. The Morgan fingerprint density at radius 2 is 1.34 bits per heavy atom. The minimum atomic E-state index is 0.667. The summed E-state index contributed by atoms with van der Waals surface area (Å²) in [7, 11) is 8.79. The van der Waals surface area contributed by atoms with Crippen LogP contribution in [0.15, 0.2) is 59.2 Å². The summed E-state index contributed by atoms with van der Waals surface area (Å²) in [6.07, 6.45) is 7.07. The molecule has 7 heteroatoms. The molecule has 0 radical (unpaired) electrons. The first kappa shape index (κ1) is 25.7. The molecule has 2 aliphatic heterocycles. The van der Waals surface area contributed by atoms with Gasteiger partial charge in [-0.25, -0.2) is 4.98 Å². The van der Waals surface area contributed by atoms with E-state index in [1.165, 1.54) is 58.2 Å². The lowest BCUT2D eigenvalue weighted by molar-refractivity contribution is 0.249. The summed E-state index contributed by atoms with van der Waals surface area (Å²) in [5, 5.41) is 0. The summed E-state index contributed by atoms with van der Waals surface area (Å²) in [5.41, 5.74) is 8.29. The molecule has 4 heterocycles. The fourth-order valence-corrected chi connectivity index (χ4v) is 6.99. The number of aromatic nitrogens is 2. The van der Waals surface area contributed by atoms with Gasteiger partial charge in [-0.05, 0) is 117 Å². The van der Waals surface area contributed by atoms with Crippen LogP contribution < -0.4 is 9.80 Å². The molecule has 0 atom stereocenters. The average Bonchev–Trinajstić information content (AvgIpc) is 3.31. The molecule has 2 aromatic carbocycles. The monoisotopic (exact) mass is 574 g/mol. The van der Waals surface area contributed by atoms with E-state index < -0.39 is 0 Å². The Kier molecular flexibility index (Phi) is 7.10. The Hall–Kier alpha value is -2.61. The van der Waals surface area contributed by atoms with E-state index in [4.69, 9.17) is 4.98 Å². The molecule has 200 valence electrons. The highest BCUT2D eigenvalue weighted by Crippen LogP contribution is 2.35. The van der Waals surface area contributed by atoms with Gasteiger partial charge in [-0.3, -0.25) is 4.40 Å². The lowest BCUT2D eigenvalue weighted by Gasteiger charge is -2.37. The molecule has 0 saturated carbocycles. The third kappa shape index (κ3) is 4.80. The molecule has 0 amide bonds. The van der Waals surface area contributed by atoms with E-state index in [2.05, 4.69) is 123 Å². The number of hydrogen-bond acceptors (Lipinski definition) is 5. The average molecular weight is 576 g/mol. The molecule has 0 aliphatic carbocycles. The van der Waals surface area contributed by atoms with Crippen molar-refractivity contribution in [2.45, 2.75) is 37.8 Å². The van der Waals surface area contributed by atoms with E-state index in [9.17, 15) is 0 Å². The lowest BCUT2D eigenvalue weighted by Crippen LogP contribution is -2.42. The Morgan fingerprint density at radius 3 is 1.95 bits per heavy atom. The van der Waals surface area contributed by atoms with Crippen LogP contribution in [0.1, 0.15) is 25.7 Å². The highest BCUT2D eigenvalue weighted by atomic mass is 79.9. The number of para-hydroxylation sites is 1. The first-order valence-corrected chi connectivity index (χ1v) is 14.7. The van der Waals surface area contributed by atoms with Gasteiger partial charge in [0.05, 0.1) is 22.4 Å². The van der Waals surface area contributed by atoms with Crippen molar-refractivity contribution in [1.29, 1.82) is 0 Å². The first-order valence-electron chi connectivity index (χ1n) is 13.9. The maximum atomic E-state index is 4.97. The van der Waals surface area contributed by atoms with Gasteiger partial charge in [0.2, 0.25) is 0 Å². The molecule has 2 saturated heterocycles. The number of fused-ring (bicyclic) bond motifs is 3. The molecule has 6 rings (SSSR count). The zero-order valence-electron chi connectivity index (χ0n) is 23.1. The summed E-state index contributed by atoms with van der Waals surface area (Å²) in [4.78, 5) is 14.8. The van der Waals surface area contributed by atoms with Crippen molar-refractivity contribution >= 4 is 44.0 Å². The smallest absolute Gasteiger partial charge is 0.138 e. The second kappa shape index (κ2) is 10.5. The van der Waals surface area contributed by atoms with Crippen LogP contribution in [0.3, 0.4) is 0 Å². The maximum Gasteiger partial charge on any atom is 0.138 e. The van der Waals surface area contributed by atoms with Crippen LogP contribution >= 0.6 is 15.9 Å². The number of benzene rings is 2. The quantitative estimate of drug-likeness (QED) is 0.292. The number of rotatable bonds is 5. The fraction of sp³-hybridized carbons (Fsp3) is 0.452. The molecule has 6 nitrogen and oxygen atoms in total. The molecule has 2 aromatic heterocycles. The van der Waals surface area contributed by atoms with E-state index in [1.807, 2.05) is 0 Å². The molecule has 0 N–H and O–H groups in total. The van der Waals surface area contributed by atoms with Crippen LogP contribution in [-0.4, -0.2) is 85.6 Å². The van der Waals surface area contributed by atoms with Gasteiger partial charge in [-0.15, -0.1) is 0 Å². The van der Waals surface area contributed by atoms with Crippen molar-refractivity contribution in [2.24, 2.45) is 0 Å². The van der Waals surface area contributed by atoms with Gasteiger partial charge < -0.3 is 19.6 Å². The summed E-state index contributed by atoms with van der Waals surface area (Å²) < 4.78 is 3.46. The Balaban J connectivity index is 1.30.